The zero-order chi connectivity index (χ0) is 18.3. The molecule has 1 aromatic heterocycles. The first-order chi connectivity index (χ1) is 11.8. The Morgan fingerprint density at radius 3 is 2.12 bits per heavy atom. The van der Waals surface area contributed by atoms with Crippen molar-refractivity contribution < 1.29 is 12.8 Å². The average Bonchev–Trinajstić information content (AvgIpc) is 3.08. The number of unbranched alkanes of at least 4 members (excludes halogenated alkanes) is 4. The van der Waals surface area contributed by atoms with E-state index in [0.717, 1.165) is 49.8 Å². The maximum Gasteiger partial charge on any atom is 0.155 e. The van der Waals surface area contributed by atoms with Crippen molar-refractivity contribution in [1.82, 2.24) is 0 Å². The highest BCUT2D eigenvalue weighted by Crippen LogP contribution is 2.21. The van der Waals surface area contributed by atoms with Gasteiger partial charge in [-0.3, -0.25) is 0 Å². The van der Waals surface area contributed by atoms with Gasteiger partial charge in [-0.25, -0.2) is 8.42 Å². The van der Waals surface area contributed by atoms with E-state index >= 15 is 0 Å². The summed E-state index contributed by atoms with van der Waals surface area (Å²) >= 11 is 0. The minimum atomic E-state index is -2.96. The van der Waals surface area contributed by atoms with Crippen molar-refractivity contribution in [3.05, 3.63) is 48.2 Å². The van der Waals surface area contributed by atoms with E-state index in [9.17, 15) is 8.42 Å². The van der Waals surface area contributed by atoms with Gasteiger partial charge >= 0.3 is 0 Å². The first-order valence-electron chi connectivity index (χ1n) is 9.15. The normalized spacial score (nSPS) is 12.4. The summed E-state index contributed by atoms with van der Waals surface area (Å²) in [6.07, 6.45) is 7.92. The Kier molecular flexibility index (Phi) is 6.88. The molecule has 0 unspecified atom stereocenters. The molecule has 0 bridgehead atoms. The SMILES string of the molecule is CC(C)(C)S(=O)(=O)CCCCCCCc1ccc(-c2ccco2)cc1. The van der Waals surface area contributed by atoms with E-state index in [-0.39, 0.29) is 0 Å². The van der Waals surface area contributed by atoms with Gasteiger partial charge in [0.05, 0.1) is 16.8 Å². The molecule has 0 fully saturated rings. The third kappa shape index (κ3) is 6.03. The molecule has 2 rings (SSSR count). The Bertz CT molecular complexity index is 720. The van der Waals surface area contributed by atoms with Crippen LogP contribution in [0, 0.1) is 0 Å². The lowest BCUT2D eigenvalue weighted by atomic mass is 10.0. The van der Waals surface area contributed by atoms with E-state index in [1.54, 1.807) is 27.0 Å². The molecule has 3 nitrogen and oxygen atoms in total. The maximum atomic E-state index is 12.0. The molecule has 0 spiro atoms. The molecule has 0 aliphatic rings. The fraction of sp³-hybridized carbons (Fsp3) is 0.524. The molecule has 0 radical (unpaired) electrons. The van der Waals surface area contributed by atoms with Crippen LogP contribution in [0.25, 0.3) is 11.3 Å². The van der Waals surface area contributed by atoms with Crippen molar-refractivity contribution in [1.29, 1.82) is 0 Å². The number of benzene rings is 1. The molecule has 4 heteroatoms. The fourth-order valence-electron chi connectivity index (χ4n) is 2.74. The van der Waals surface area contributed by atoms with Gasteiger partial charge in [-0.2, -0.15) is 0 Å². The number of hydrogen-bond donors (Lipinski definition) is 0. The van der Waals surface area contributed by atoms with Crippen molar-refractivity contribution >= 4 is 9.84 Å². The largest absolute Gasteiger partial charge is 0.464 e. The van der Waals surface area contributed by atoms with Crippen LogP contribution >= 0.6 is 0 Å². The van der Waals surface area contributed by atoms with Gasteiger partial charge in [0, 0.05) is 5.56 Å². The minimum absolute atomic E-state index is 0.310. The lowest BCUT2D eigenvalue weighted by molar-refractivity contribution is 0.552. The fourth-order valence-corrected chi connectivity index (χ4v) is 3.93. The lowest BCUT2D eigenvalue weighted by Gasteiger charge is -2.18. The van der Waals surface area contributed by atoms with Crippen LogP contribution in [0.5, 0.6) is 0 Å². The third-order valence-electron chi connectivity index (χ3n) is 4.57. The van der Waals surface area contributed by atoms with Crippen LogP contribution in [0.1, 0.15) is 58.4 Å². The average molecular weight is 363 g/mol. The molecule has 0 aliphatic heterocycles. The monoisotopic (exact) mass is 362 g/mol. The minimum Gasteiger partial charge on any atom is -0.464 e. The zero-order valence-electron chi connectivity index (χ0n) is 15.6. The van der Waals surface area contributed by atoms with E-state index < -0.39 is 14.6 Å². The van der Waals surface area contributed by atoms with Crippen molar-refractivity contribution in [3.63, 3.8) is 0 Å². The van der Waals surface area contributed by atoms with Gasteiger partial charge in [-0.1, -0.05) is 43.5 Å². The Morgan fingerprint density at radius 2 is 1.52 bits per heavy atom. The Morgan fingerprint density at radius 1 is 0.880 bits per heavy atom. The van der Waals surface area contributed by atoms with Gasteiger partial charge in [0.25, 0.3) is 0 Å². The molecule has 1 heterocycles. The number of rotatable bonds is 9. The highest BCUT2D eigenvalue weighted by Gasteiger charge is 2.27. The highest BCUT2D eigenvalue weighted by atomic mass is 32.2. The van der Waals surface area contributed by atoms with Crippen molar-refractivity contribution in [3.8, 4) is 11.3 Å². The third-order valence-corrected chi connectivity index (χ3v) is 7.26. The standard InChI is InChI=1S/C21H30O3S/c1-21(2,3)25(22,23)17-8-6-4-5-7-10-18-12-14-19(15-13-18)20-11-9-16-24-20/h9,11-16H,4-8,10,17H2,1-3H3. The predicted octanol–water partition coefficient (Wildman–Crippen LogP) is 5.65. The van der Waals surface area contributed by atoms with Gasteiger partial charge in [0.1, 0.15) is 5.76 Å². The van der Waals surface area contributed by atoms with E-state index in [1.165, 1.54) is 5.56 Å². The summed E-state index contributed by atoms with van der Waals surface area (Å²) in [4.78, 5) is 0. The second kappa shape index (κ2) is 8.70. The van der Waals surface area contributed by atoms with Gasteiger partial charge in [0.15, 0.2) is 9.84 Å². The Balaban J connectivity index is 1.62. The van der Waals surface area contributed by atoms with Crippen LogP contribution < -0.4 is 0 Å². The van der Waals surface area contributed by atoms with Crippen LogP contribution in [0.3, 0.4) is 0 Å². The Labute approximate surface area is 152 Å². The van der Waals surface area contributed by atoms with Gasteiger partial charge in [-0.05, 0) is 57.7 Å². The summed E-state index contributed by atoms with van der Waals surface area (Å²) in [5.41, 5.74) is 2.44. The van der Waals surface area contributed by atoms with E-state index in [4.69, 9.17) is 4.42 Å². The summed E-state index contributed by atoms with van der Waals surface area (Å²) in [5.74, 6) is 1.21. The summed E-state index contributed by atoms with van der Waals surface area (Å²) in [5, 5.41) is 0. The molecule has 0 saturated carbocycles. The number of aryl methyl sites for hydroxylation is 1. The number of sulfone groups is 1. The van der Waals surface area contributed by atoms with E-state index in [0.29, 0.717) is 5.75 Å². The number of hydrogen-bond acceptors (Lipinski definition) is 3. The van der Waals surface area contributed by atoms with Gasteiger partial charge in [-0.15, -0.1) is 0 Å². The van der Waals surface area contributed by atoms with Crippen LogP contribution in [0.15, 0.2) is 47.1 Å². The van der Waals surface area contributed by atoms with E-state index in [2.05, 4.69) is 24.3 Å². The first-order valence-corrected chi connectivity index (χ1v) is 10.8. The molecule has 0 atom stereocenters. The van der Waals surface area contributed by atoms with Crippen molar-refractivity contribution in [2.75, 3.05) is 5.75 Å². The first kappa shape index (κ1) is 19.8. The highest BCUT2D eigenvalue weighted by molar-refractivity contribution is 7.92. The van der Waals surface area contributed by atoms with Crippen LogP contribution in [-0.4, -0.2) is 18.9 Å². The van der Waals surface area contributed by atoms with Crippen molar-refractivity contribution in [2.45, 2.75) is 64.0 Å². The molecule has 138 valence electrons. The molecule has 0 N–H and O–H groups in total. The lowest BCUT2D eigenvalue weighted by Crippen LogP contribution is -2.30. The molecule has 0 aliphatic carbocycles. The zero-order valence-corrected chi connectivity index (χ0v) is 16.4. The molecular formula is C21H30O3S. The number of furan rings is 1. The molecule has 0 saturated heterocycles. The van der Waals surface area contributed by atoms with E-state index in [1.807, 2.05) is 12.1 Å². The van der Waals surface area contributed by atoms with Crippen LogP contribution in [-0.2, 0) is 16.3 Å². The molecule has 0 amide bonds. The summed E-state index contributed by atoms with van der Waals surface area (Å²) < 4.78 is 28.8. The molecule has 2 aromatic rings. The summed E-state index contributed by atoms with van der Waals surface area (Å²) in [6, 6.07) is 12.4. The summed E-state index contributed by atoms with van der Waals surface area (Å²) in [6.45, 7) is 5.33. The summed E-state index contributed by atoms with van der Waals surface area (Å²) in [7, 11) is -2.96. The second-order valence-electron chi connectivity index (χ2n) is 7.62. The smallest absolute Gasteiger partial charge is 0.155 e. The van der Waals surface area contributed by atoms with Crippen molar-refractivity contribution in [2.24, 2.45) is 0 Å². The predicted molar refractivity (Wildman–Crippen MR) is 104 cm³/mol. The Hall–Kier alpha value is -1.55. The van der Waals surface area contributed by atoms with Crippen LogP contribution in [0.4, 0.5) is 0 Å². The van der Waals surface area contributed by atoms with Gasteiger partial charge < -0.3 is 4.42 Å². The topological polar surface area (TPSA) is 47.3 Å². The van der Waals surface area contributed by atoms with Crippen LogP contribution in [0.2, 0.25) is 0 Å². The molecular weight excluding hydrogens is 332 g/mol. The maximum absolute atomic E-state index is 12.0. The van der Waals surface area contributed by atoms with Gasteiger partial charge in [0.2, 0.25) is 0 Å². The quantitative estimate of drug-likeness (QED) is 0.541. The molecule has 25 heavy (non-hydrogen) atoms. The molecule has 1 aromatic carbocycles. The second-order valence-corrected chi connectivity index (χ2v) is 10.5.